The molecule has 3 nitrogen and oxygen atoms in total. The standard InChI is InChI=1S/C21H25FN2OS/c1-17(26-16-18-6-3-2-4-7-18)21(25)24-13-5-12-23(14-15-24)20-10-8-19(22)9-11-20/h2-4,6-11,17H,5,12-16H2,1H3. The van der Waals surface area contributed by atoms with Crippen molar-refractivity contribution in [3.63, 3.8) is 0 Å². The van der Waals surface area contributed by atoms with Crippen LogP contribution in [0.5, 0.6) is 0 Å². The van der Waals surface area contributed by atoms with Crippen LogP contribution in [0.4, 0.5) is 10.1 Å². The summed E-state index contributed by atoms with van der Waals surface area (Å²) < 4.78 is 13.1. The van der Waals surface area contributed by atoms with Crippen LogP contribution in [-0.4, -0.2) is 42.2 Å². The fourth-order valence-corrected chi connectivity index (χ4v) is 4.10. The minimum Gasteiger partial charge on any atom is -0.370 e. The van der Waals surface area contributed by atoms with Crippen molar-refractivity contribution in [2.45, 2.75) is 24.3 Å². The van der Waals surface area contributed by atoms with Gasteiger partial charge in [-0.05, 0) is 43.2 Å². The van der Waals surface area contributed by atoms with Crippen molar-refractivity contribution in [1.82, 2.24) is 4.90 Å². The van der Waals surface area contributed by atoms with Crippen LogP contribution in [0.25, 0.3) is 0 Å². The lowest BCUT2D eigenvalue weighted by Crippen LogP contribution is -2.39. The maximum atomic E-state index is 13.1. The van der Waals surface area contributed by atoms with Crippen molar-refractivity contribution in [3.8, 4) is 0 Å². The van der Waals surface area contributed by atoms with Crippen molar-refractivity contribution < 1.29 is 9.18 Å². The molecule has 138 valence electrons. The topological polar surface area (TPSA) is 23.6 Å². The van der Waals surface area contributed by atoms with Crippen LogP contribution >= 0.6 is 11.8 Å². The highest BCUT2D eigenvalue weighted by Gasteiger charge is 2.23. The van der Waals surface area contributed by atoms with Gasteiger partial charge in [-0.2, -0.15) is 0 Å². The van der Waals surface area contributed by atoms with E-state index >= 15 is 0 Å². The SMILES string of the molecule is CC(SCc1ccccc1)C(=O)N1CCCN(c2ccc(F)cc2)CC1. The van der Waals surface area contributed by atoms with E-state index in [0.717, 1.165) is 37.5 Å². The summed E-state index contributed by atoms with van der Waals surface area (Å²) >= 11 is 1.69. The Morgan fingerprint density at radius 1 is 1.04 bits per heavy atom. The van der Waals surface area contributed by atoms with E-state index in [1.54, 1.807) is 11.8 Å². The van der Waals surface area contributed by atoms with Gasteiger partial charge in [0.1, 0.15) is 5.82 Å². The molecule has 1 aliphatic heterocycles. The summed E-state index contributed by atoms with van der Waals surface area (Å²) in [5.74, 6) is 0.847. The van der Waals surface area contributed by atoms with Gasteiger partial charge in [-0.3, -0.25) is 4.79 Å². The molecule has 0 radical (unpaired) electrons. The van der Waals surface area contributed by atoms with Crippen LogP contribution in [-0.2, 0) is 10.5 Å². The molecule has 26 heavy (non-hydrogen) atoms. The lowest BCUT2D eigenvalue weighted by atomic mass is 10.2. The fraction of sp³-hybridized carbons (Fsp3) is 0.381. The van der Waals surface area contributed by atoms with Gasteiger partial charge in [-0.25, -0.2) is 4.39 Å². The molecule has 0 bridgehead atoms. The Balaban J connectivity index is 1.52. The van der Waals surface area contributed by atoms with Crippen molar-refractivity contribution in [2.75, 3.05) is 31.1 Å². The van der Waals surface area contributed by atoms with Crippen LogP contribution in [0.1, 0.15) is 18.9 Å². The number of amides is 1. The number of benzene rings is 2. The number of anilines is 1. The highest BCUT2D eigenvalue weighted by atomic mass is 32.2. The van der Waals surface area contributed by atoms with E-state index in [1.807, 2.05) is 42.2 Å². The minimum atomic E-state index is -0.218. The molecular weight excluding hydrogens is 347 g/mol. The van der Waals surface area contributed by atoms with Gasteiger partial charge in [0, 0.05) is 37.6 Å². The zero-order chi connectivity index (χ0) is 18.4. The van der Waals surface area contributed by atoms with E-state index in [1.165, 1.54) is 17.7 Å². The van der Waals surface area contributed by atoms with Crippen molar-refractivity contribution in [2.24, 2.45) is 0 Å². The molecule has 0 saturated carbocycles. The zero-order valence-corrected chi connectivity index (χ0v) is 15.9. The normalized spacial score (nSPS) is 16.2. The summed E-state index contributed by atoms with van der Waals surface area (Å²) in [6.07, 6.45) is 0.930. The monoisotopic (exact) mass is 372 g/mol. The Morgan fingerprint density at radius 2 is 1.77 bits per heavy atom. The van der Waals surface area contributed by atoms with Gasteiger partial charge in [0.2, 0.25) is 5.91 Å². The number of halogens is 1. The maximum absolute atomic E-state index is 13.1. The van der Waals surface area contributed by atoms with Gasteiger partial charge in [0.15, 0.2) is 0 Å². The van der Waals surface area contributed by atoms with Crippen LogP contribution in [0.3, 0.4) is 0 Å². The smallest absolute Gasteiger partial charge is 0.235 e. The lowest BCUT2D eigenvalue weighted by Gasteiger charge is -2.25. The molecule has 1 fully saturated rings. The molecule has 0 aromatic heterocycles. The molecule has 1 saturated heterocycles. The zero-order valence-electron chi connectivity index (χ0n) is 15.1. The Labute approximate surface area is 159 Å². The number of carbonyl (C=O) groups excluding carboxylic acids is 1. The first kappa shape index (κ1) is 18.8. The van der Waals surface area contributed by atoms with Gasteiger partial charge >= 0.3 is 0 Å². The molecule has 3 rings (SSSR count). The summed E-state index contributed by atoms with van der Waals surface area (Å²) in [5.41, 5.74) is 2.27. The number of carbonyl (C=O) groups is 1. The fourth-order valence-electron chi connectivity index (χ4n) is 3.17. The third kappa shape index (κ3) is 5.01. The van der Waals surface area contributed by atoms with Crippen molar-refractivity contribution in [1.29, 1.82) is 0 Å². The molecule has 2 aromatic rings. The van der Waals surface area contributed by atoms with E-state index in [-0.39, 0.29) is 17.0 Å². The van der Waals surface area contributed by atoms with Gasteiger partial charge < -0.3 is 9.80 Å². The predicted octanol–water partition coefficient (Wildman–Crippen LogP) is 4.19. The first-order chi connectivity index (χ1) is 12.6. The highest BCUT2D eigenvalue weighted by molar-refractivity contribution is 7.99. The maximum Gasteiger partial charge on any atom is 0.235 e. The van der Waals surface area contributed by atoms with Gasteiger partial charge in [-0.15, -0.1) is 11.8 Å². The predicted molar refractivity (Wildman–Crippen MR) is 107 cm³/mol. The van der Waals surface area contributed by atoms with Gasteiger partial charge in [0.25, 0.3) is 0 Å². The largest absolute Gasteiger partial charge is 0.370 e. The number of hydrogen-bond donors (Lipinski definition) is 0. The molecule has 1 amide bonds. The molecule has 0 aliphatic carbocycles. The molecule has 1 unspecified atom stereocenters. The molecule has 0 N–H and O–H groups in total. The molecule has 1 aliphatic rings. The molecule has 1 atom stereocenters. The third-order valence-corrected chi connectivity index (χ3v) is 5.89. The van der Waals surface area contributed by atoms with Crippen LogP contribution in [0, 0.1) is 5.82 Å². The third-order valence-electron chi connectivity index (χ3n) is 4.69. The Morgan fingerprint density at radius 3 is 2.50 bits per heavy atom. The molecule has 2 aromatic carbocycles. The van der Waals surface area contributed by atoms with Crippen LogP contribution < -0.4 is 4.90 Å². The second kappa shape index (κ2) is 9.08. The molecule has 0 spiro atoms. The molecular formula is C21H25FN2OS. The van der Waals surface area contributed by atoms with E-state index < -0.39 is 0 Å². The van der Waals surface area contributed by atoms with Crippen LogP contribution in [0.15, 0.2) is 54.6 Å². The number of thioether (sulfide) groups is 1. The Hall–Kier alpha value is -2.01. The number of nitrogens with zero attached hydrogens (tertiary/aromatic N) is 2. The summed E-state index contributed by atoms with van der Waals surface area (Å²) in [6.45, 7) is 5.17. The van der Waals surface area contributed by atoms with Gasteiger partial charge in [-0.1, -0.05) is 30.3 Å². The van der Waals surface area contributed by atoms with Crippen molar-refractivity contribution in [3.05, 3.63) is 66.0 Å². The molecule has 1 heterocycles. The average Bonchev–Trinajstić information content (AvgIpc) is 2.93. The summed E-state index contributed by atoms with van der Waals surface area (Å²) in [6, 6.07) is 16.9. The quantitative estimate of drug-likeness (QED) is 0.786. The minimum absolute atomic E-state index is 0.0485. The van der Waals surface area contributed by atoms with E-state index in [9.17, 15) is 9.18 Å². The summed E-state index contributed by atoms with van der Waals surface area (Å²) in [5, 5.41) is -0.0485. The average molecular weight is 373 g/mol. The Bertz CT molecular complexity index is 708. The first-order valence-electron chi connectivity index (χ1n) is 9.08. The Kier molecular flexibility index (Phi) is 6.56. The van der Waals surface area contributed by atoms with E-state index in [2.05, 4.69) is 17.0 Å². The lowest BCUT2D eigenvalue weighted by molar-refractivity contribution is -0.130. The van der Waals surface area contributed by atoms with E-state index in [4.69, 9.17) is 0 Å². The first-order valence-corrected chi connectivity index (χ1v) is 10.1. The highest BCUT2D eigenvalue weighted by Crippen LogP contribution is 2.21. The van der Waals surface area contributed by atoms with Crippen molar-refractivity contribution >= 4 is 23.4 Å². The summed E-state index contributed by atoms with van der Waals surface area (Å²) in [7, 11) is 0. The van der Waals surface area contributed by atoms with Crippen LogP contribution in [0.2, 0.25) is 0 Å². The molecule has 5 heteroatoms. The number of hydrogen-bond acceptors (Lipinski definition) is 3. The number of rotatable bonds is 5. The van der Waals surface area contributed by atoms with Gasteiger partial charge in [0.05, 0.1) is 5.25 Å². The van der Waals surface area contributed by atoms with E-state index in [0.29, 0.717) is 6.54 Å². The summed E-state index contributed by atoms with van der Waals surface area (Å²) in [4.78, 5) is 17.0. The second-order valence-electron chi connectivity index (χ2n) is 6.58. The second-order valence-corrected chi connectivity index (χ2v) is 7.91.